The van der Waals surface area contributed by atoms with E-state index >= 15 is 0 Å². The van der Waals surface area contributed by atoms with Gasteiger partial charge in [0.05, 0.1) is 34.0 Å². The Hall–Kier alpha value is -3.98. The van der Waals surface area contributed by atoms with Crippen molar-refractivity contribution in [1.29, 1.82) is 5.26 Å². The van der Waals surface area contributed by atoms with Gasteiger partial charge in [-0.25, -0.2) is 0 Å². The van der Waals surface area contributed by atoms with E-state index in [1.165, 1.54) is 6.07 Å². The molecule has 4 rings (SSSR count). The lowest BCUT2D eigenvalue weighted by atomic mass is 10.0. The molecule has 0 atom stereocenters. The SMILES string of the molecule is N#Cc1ccc(-c2cn(-c3cccnc3)c3cc([N+](=O)[O-])ccc23)cc1. The summed E-state index contributed by atoms with van der Waals surface area (Å²) in [6.07, 6.45) is 5.33. The lowest BCUT2D eigenvalue weighted by Crippen LogP contribution is -1.93. The first kappa shape index (κ1) is 15.5. The van der Waals surface area contributed by atoms with E-state index in [1.807, 2.05) is 35.0 Å². The minimum Gasteiger partial charge on any atom is -0.314 e. The summed E-state index contributed by atoms with van der Waals surface area (Å²) in [6, 6.07) is 17.9. The van der Waals surface area contributed by atoms with E-state index in [4.69, 9.17) is 5.26 Å². The first-order valence-electron chi connectivity index (χ1n) is 7.88. The highest BCUT2D eigenvalue weighted by Gasteiger charge is 2.15. The van der Waals surface area contributed by atoms with Gasteiger partial charge in [0.2, 0.25) is 0 Å². The van der Waals surface area contributed by atoms with Crippen molar-refractivity contribution >= 4 is 16.6 Å². The average molecular weight is 340 g/mol. The number of nitro benzene ring substituents is 1. The Morgan fingerprint density at radius 3 is 2.58 bits per heavy atom. The minimum absolute atomic E-state index is 0.0344. The van der Waals surface area contributed by atoms with E-state index in [2.05, 4.69) is 11.1 Å². The number of non-ortho nitro benzene ring substituents is 1. The first-order valence-corrected chi connectivity index (χ1v) is 7.88. The Labute approximate surface area is 148 Å². The fourth-order valence-corrected chi connectivity index (χ4v) is 2.99. The molecular weight excluding hydrogens is 328 g/mol. The molecule has 0 amide bonds. The summed E-state index contributed by atoms with van der Waals surface area (Å²) in [5.74, 6) is 0. The monoisotopic (exact) mass is 340 g/mol. The van der Waals surface area contributed by atoms with Crippen LogP contribution in [0.15, 0.2) is 73.2 Å². The molecule has 0 radical (unpaired) electrons. The molecule has 0 spiro atoms. The van der Waals surface area contributed by atoms with E-state index in [-0.39, 0.29) is 5.69 Å². The number of fused-ring (bicyclic) bond motifs is 1. The number of rotatable bonds is 3. The fraction of sp³-hybridized carbons (Fsp3) is 0. The molecule has 2 aromatic carbocycles. The van der Waals surface area contributed by atoms with Gasteiger partial charge in [0.1, 0.15) is 0 Å². The largest absolute Gasteiger partial charge is 0.314 e. The van der Waals surface area contributed by atoms with E-state index in [1.54, 1.807) is 36.7 Å². The van der Waals surface area contributed by atoms with Crippen molar-refractivity contribution in [3.05, 3.63) is 88.9 Å². The topological polar surface area (TPSA) is 84.8 Å². The van der Waals surface area contributed by atoms with Gasteiger partial charge >= 0.3 is 0 Å². The van der Waals surface area contributed by atoms with Crippen molar-refractivity contribution < 1.29 is 4.92 Å². The Kier molecular flexibility index (Phi) is 3.67. The van der Waals surface area contributed by atoms with Crippen LogP contribution in [0, 0.1) is 21.4 Å². The summed E-state index contributed by atoms with van der Waals surface area (Å²) in [4.78, 5) is 14.9. The van der Waals surface area contributed by atoms with Crippen LogP contribution in [-0.4, -0.2) is 14.5 Å². The molecule has 6 nitrogen and oxygen atoms in total. The molecule has 0 aliphatic rings. The van der Waals surface area contributed by atoms with Crippen LogP contribution in [0.3, 0.4) is 0 Å². The number of aromatic nitrogens is 2. The van der Waals surface area contributed by atoms with Gasteiger partial charge in [-0.3, -0.25) is 15.1 Å². The number of nitrogens with zero attached hydrogens (tertiary/aromatic N) is 4. The summed E-state index contributed by atoms with van der Waals surface area (Å²) in [7, 11) is 0. The molecule has 0 saturated carbocycles. The smallest absolute Gasteiger partial charge is 0.271 e. The van der Waals surface area contributed by atoms with Crippen LogP contribution in [-0.2, 0) is 0 Å². The highest BCUT2D eigenvalue weighted by atomic mass is 16.6. The maximum Gasteiger partial charge on any atom is 0.271 e. The quantitative estimate of drug-likeness (QED) is 0.407. The molecule has 2 heterocycles. The molecule has 4 aromatic rings. The lowest BCUT2D eigenvalue weighted by molar-refractivity contribution is -0.384. The second-order valence-electron chi connectivity index (χ2n) is 5.77. The van der Waals surface area contributed by atoms with Crippen LogP contribution in [0.1, 0.15) is 5.56 Å². The first-order chi connectivity index (χ1) is 12.7. The van der Waals surface area contributed by atoms with Crippen molar-refractivity contribution in [1.82, 2.24) is 9.55 Å². The summed E-state index contributed by atoms with van der Waals surface area (Å²) < 4.78 is 1.89. The molecule has 124 valence electrons. The van der Waals surface area contributed by atoms with Crippen LogP contribution < -0.4 is 0 Å². The standard InChI is InChI=1S/C20H12N4O2/c21-11-14-3-5-15(6-4-14)19-13-23(17-2-1-9-22-12-17)20-10-16(24(25)26)7-8-18(19)20/h1-10,12-13H. The molecule has 0 bridgehead atoms. The fourth-order valence-electron chi connectivity index (χ4n) is 2.99. The normalized spacial score (nSPS) is 10.6. The van der Waals surface area contributed by atoms with Gasteiger partial charge in [0, 0.05) is 35.5 Å². The highest BCUT2D eigenvalue weighted by molar-refractivity contribution is 5.98. The van der Waals surface area contributed by atoms with Crippen molar-refractivity contribution in [3.8, 4) is 22.9 Å². The third-order valence-electron chi connectivity index (χ3n) is 4.25. The Balaban J connectivity index is 1.99. The molecule has 26 heavy (non-hydrogen) atoms. The maximum atomic E-state index is 11.2. The molecule has 0 aliphatic carbocycles. The maximum absolute atomic E-state index is 11.2. The summed E-state index contributed by atoms with van der Waals surface area (Å²) >= 11 is 0. The minimum atomic E-state index is -0.401. The predicted molar refractivity (Wildman–Crippen MR) is 97.9 cm³/mol. The molecule has 0 N–H and O–H groups in total. The molecule has 0 unspecified atom stereocenters. The number of nitriles is 1. The van der Waals surface area contributed by atoms with Crippen LogP contribution >= 0.6 is 0 Å². The number of hydrogen-bond acceptors (Lipinski definition) is 4. The van der Waals surface area contributed by atoms with E-state index in [0.29, 0.717) is 5.56 Å². The summed E-state index contributed by atoms with van der Waals surface area (Å²) in [6.45, 7) is 0. The Morgan fingerprint density at radius 2 is 1.92 bits per heavy atom. The van der Waals surface area contributed by atoms with E-state index in [0.717, 1.165) is 27.7 Å². The molecule has 2 aromatic heterocycles. The molecule has 0 aliphatic heterocycles. The number of pyridine rings is 1. The number of nitro groups is 1. The molecular formula is C20H12N4O2. The number of hydrogen-bond donors (Lipinski definition) is 0. The van der Waals surface area contributed by atoms with Crippen LogP contribution in [0.5, 0.6) is 0 Å². The van der Waals surface area contributed by atoms with Gasteiger partial charge in [0.15, 0.2) is 0 Å². The van der Waals surface area contributed by atoms with E-state index in [9.17, 15) is 10.1 Å². The van der Waals surface area contributed by atoms with Gasteiger partial charge < -0.3 is 4.57 Å². The molecule has 0 saturated heterocycles. The second-order valence-corrected chi connectivity index (χ2v) is 5.77. The van der Waals surface area contributed by atoms with Crippen LogP contribution in [0.4, 0.5) is 5.69 Å². The summed E-state index contributed by atoms with van der Waals surface area (Å²) in [5, 5.41) is 21.1. The second kappa shape index (κ2) is 6.15. The zero-order chi connectivity index (χ0) is 18.1. The third-order valence-corrected chi connectivity index (χ3v) is 4.25. The zero-order valence-corrected chi connectivity index (χ0v) is 13.5. The average Bonchev–Trinajstić information content (AvgIpc) is 3.07. The van der Waals surface area contributed by atoms with Crippen LogP contribution in [0.2, 0.25) is 0 Å². The van der Waals surface area contributed by atoms with Gasteiger partial charge in [0.25, 0.3) is 5.69 Å². The van der Waals surface area contributed by atoms with Gasteiger partial charge in [-0.2, -0.15) is 5.26 Å². The van der Waals surface area contributed by atoms with Gasteiger partial charge in [-0.15, -0.1) is 0 Å². The van der Waals surface area contributed by atoms with Gasteiger partial charge in [-0.05, 0) is 35.9 Å². The zero-order valence-electron chi connectivity index (χ0n) is 13.5. The lowest BCUT2D eigenvalue weighted by Gasteiger charge is -2.03. The Bertz CT molecular complexity index is 1160. The molecule has 6 heteroatoms. The van der Waals surface area contributed by atoms with E-state index < -0.39 is 4.92 Å². The van der Waals surface area contributed by atoms with Crippen molar-refractivity contribution in [2.75, 3.05) is 0 Å². The third kappa shape index (κ3) is 2.58. The molecule has 0 fully saturated rings. The van der Waals surface area contributed by atoms with Crippen molar-refractivity contribution in [3.63, 3.8) is 0 Å². The highest BCUT2D eigenvalue weighted by Crippen LogP contribution is 2.34. The number of benzene rings is 2. The Morgan fingerprint density at radius 1 is 1.12 bits per heavy atom. The summed E-state index contributed by atoms with van der Waals surface area (Å²) in [5.41, 5.74) is 4.03. The van der Waals surface area contributed by atoms with Crippen LogP contribution in [0.25, 0.3) is 27.7 Å². The van der Waals surface area contributed by atoms with Crippen molar-refractivity contribution in [2.24, 2.45) is 0 Å². The van der Waals surface area contributed by atoms with Crippen molar-refractivity contribution in [2.45, 2.75) is 0 Å². The predicted octanol–water partition coefficient (Wildman–Crippen LogP) is 4.47. The van der Waals surface area contributed by atoms with Gasteiger partial charge in [-0.1, -0.05) is 12.1 Å².